The molecule has 0 aliphatic rings. The monoisotopic (exact) mass is 500 g/mol. The van der Waals surface area contributed by atoms with Gasteiger partial charge < -0.3 is 36.0 Å². The van der Waals surface area contributed by atoms with Crippen LogP contribution in [-0.4, -0.2) is 100 Å². The first-order valence-corrected chi connectivity index (χ1v) is 10.9. The molecule has 0 aliphatic heterocycles. The van der Waals surface area contributed by atoms with Crippen LogP contribution in [0.4, 0.5) is 0 Å². The maximum atomic E-state index is 11.7. The molecule has 1 amide bonds. The Hall–Kier alpha value is -3.58. The molecule has 0 atom stereocenters. The van der Waals surface area contributed by atoms with E-state index in [0.29, 0.717) is 12.1 Å². The average molecular weight is 501 g/mol. The summed E-state index contributed by atoms with van der Waals surface area (Å²) < 4.78 is 0. The summed E-state index contributed by atoms with van der Waals surface area (Å²) in [4.78, 5) is 56.3. The summed E-state index contributed by atoms with van der Waals surface area (Å²) in [5.74, 6) is -4.34. The highest BCUT2D eigenvalue weighted by molar-refractivity contribution is 5.93. The van der Waals surface area contributed by atoms with Crippen molar-refractivity contribution >= 4 is 29.8 Å². The Morgan fingerprint density at radius 1 is 0.743 bits per heavy atom. The number of hydrogen-bond donors (Lipinski definition) is 6. The highest BCUT2D eigenvalue weighted by Gasteiger charge is 2.03. The largest absolute Gasteiger partial charge is 0.481 e. The number of amides is 1. The molecule has 0 spiro atoms. The van der Waals surface area contributed by atoms with Gasteiger partial charge in [-0.2, -0.15) is 0 Å². The van der Waals surface area contributed by atoms with Crippen molar-refractivity contribution in [3.05, 3.63) is 30.1 Å². The van der Waals surface area contributed by atoms with Gasteiger partial charge in [0, 0.05) is 24.5 Å². The molecule has 198 valence electrons. The van der Waals surface area contributed by atoms with Gasteiger partial charge in [0.2, 0.25) is 0 Å². The Kier molecular flexibility index (Phi) is 21.3. The van der Waals surface area contributed by atoms with E-state index in [1.807, 2.05) is 0 Å². The molecular formula is C22H36N4O9. The number of aliphatic carboxylic acids is 4. The van der Waals surface area contributed by atoms with Crippen LogP contribution in [-0.2, 0) is 19.2 Å². The van der Waals surface area contributed by atoms with Gasteiger partial charge in [-0.05, 0) is 58.7 Å². The molecule has 0 radical (unpaired) electrons. The van der Waals surface area contributed by atoms with E-state index in [1.54, 1.807) is 24.5 Å². The summed E-state index contributed by atoms with van der Waals surface area (Å²) >= 11 is 0. The molecule has 13 heteroatoms. The Balaban J connectivity index is 0. The minimum atomic E-state index is -1.08. The number of hydrogen-bond acceptors (Lipinski definition) is 8. The third-order valence-corrected chi connectivity index (χ3v) is 3.82. The molecule has 0 bridgehead atoms. The number of nitrogens with one attached hydrogen (secondary N) is 2. The van der Waals surface area contributed by atoms with E-state index < -0.39 is 23.9 Å². The number of carbonyl (C=O) groups is 5. The molecule has 0 unspecified atom stereocenters. The van der Waals surface area contributed by atoms with Crippen molar-refractivity contribution in [3.63, 3.8) is 0 Å². The molecule has 6 N–H and O–H groups in total. The fraction of sp³-hybridized carbons (Fsp3) is 0.545. The first-order chi connectivity index (χ1) is 16.5. The minimum absolute atomic E-state index is 0.0324. The predicted octanol–water partition coefficient (Wildman–Crippen LogP) is 0.614. The Morgan fingerprint density at radius 2 is 1.17 bits per heavy atom. The van der Waals surface area contributed by atoms with Gasteiger partial charge in [0.05, 0.1) is 25.7 Å². The van der Waals surface area contributed by atoms with E-state index in [9.17, 15) is 24.0 Å². The van der Waals surface area contributed by atoms with Crippen LogP contribution in [0.1, 0.15) is 48.9 Å². The SMILES string of the molecule is CN(C)CCCNCCCNC(=O)c1ccncc1.O=C(O)CCC(=O)O.O=C(O)CCC(=O)O. The molecule has 0 saturated carbocycles. The topological polar surface area (TPSA) is 206 Å². The van der Waals surface area contributed by atoms with Gasteiger partial charge >= 0.3 is 23.9 Å². The molecule has 1 heterocycles. The van der Waals surface area contributed by atoms with Gasteiger partial charge in [0.1, 0.15) is 0 Å². The fourth-order valence-electron chi connectivity index (χ4n) is 2.09. The Labute approximate surface area is 204 Å². The lowest BCUT2D eigenvalue weighted by molar-refractivity contribution is -0.143. The molecule has 0 aliphatic carbocycles. The average Bonchev–Trinajstić information content (AvgIpc) is 2.79. The third kappa shape index (κ3) is 28.4. The van der Waals surface area contributed by atoms with Crippen molar-refractivity contribution in [2.24, 2.45) is 0 Å². The molecule has 13 nitrogen and oxygen atoms in total. The van der Waals surface area contributed by atoms with Crippen LogP contribution < -0.4 is 10.6 Å². The summed E-state index contributed by atoms with van der Waals surface area (Å²) in [6.45, 7) is 3.76. The number of carboxylic acids is 4. The lowest BCUT2D eigenvalue weighted by atomic mass is 10.2. The molecule has 1 aromatic rings. The second-order valence-corrected chi connectivity index (χ2v) is 7.33. The maximum Gasteiger partial charge on any atom is 0.303 e. The van der Waals surface area contributed by atoms with E-state index in [4.69, 9.17) is 20.4 Å². The summed E-state index contributed by atoms with van der Waals surface area (Å²) in [6.07, 6.45) is 4.16. The Morgan fingerprint density at radius 3 is 1.57 bits per heavy atom. The third-order valence-electron chi connectivity index (χ3n) is 3.82. The van der Waals surface area contributed by atoms with Gasteiger partial charge in [-0.1, -0.05) is 0 Å². The van der Waals surface area contributed by atoms with E-state index >= 15 is 0 Å². The zero-order chi connectivity index (χ0) is 27.1. The van der Waals surface area contributed by atoms with Gasteiger partial charge in [-0.15, -0.1) is 0 Å². The molecular weight excluding hydrogens is 464 g/mol. The highest BCUT2D eigenvalue weighted by atomic mass is 16.4. The van der Waals surface area contributed by atoms with Gasteiger partial charge in [0.25, 0.3) is 5.91 Å². The van der Waals surface area contributed by atoms with E-state index in [0.717, 1.165) is 32.5 Å². The number of carbonyl (C=O) groups excluding carboxylic acids is 1. The first kappa shape index (κ1) is 33.6. The van der Waals surface area contributed by atoms with Gasteiger partial charge in [-0.3, -0.25) is 29.0 Å². The quantitative estimate of drug-likeness (QED) is 0.183. The minimum Gasteiger partial charge on any atom is -0.481 e. The van der Waals surface area contributed by atoms with Gasteiger partial charge in [0.15, 0.2) is 0 Å². The zero-order valence-corrected chi connectivity index (χ0v) is 20.1. The van der Waals surface area contributed by atoms with Crippen LogP contribution in [0.3, 0.4) is 0 Å². The standard InChI is InChI=1S/C14H24N4O.2C4H6O4/c1-18(2)12-4-8-15-7-3-9-17-14(19)13-5-10-16-11-6-13;2*5-3(6)1-2-4(7)8/h5-6,10-11,15H,3-4,7-9,12H2,1-2H3,(H,17,19);2*1-2H2,(H,5,6)(H,7,8). The van der Waals surface area contributed by atoms with Crippen LogP contribution in [0, 0.1) is 0 Å². The van der Waals surface area contributed by atoms with E-state index in [1.165, 1.54) is 0 Å². The summed E-state index contributed by atoms with van der Waals surface area (Å²) in [5.41, 5.74) is 0.661. The number of rotatable bonds is 15. The molecule has 1 aromatic heterocycles. The number of nitrogens with zero attached hydrogens (tertiary/aromatic N) is 2. The van der Waals surface area contributed by atoms with Crippen LogP contribution in [0.2, 0.25) is 0 Å². The number of carboxylic acid groups (broad SMARTS) is 4. The van der Waals surface area contributed by atoms with Crippen molar-refractivity contribution < 1.29 is 44.4 Å². The smallest absolute Gasteiger partial charge is 0.303 e. The normalized spacial score (nSPS) is 9.69. The van der Waals surface area contributed by atoms with E-state index in [2.05, 4.69) is 34.6 Å². The summed E-state index contributed by atoms with van der Waals surface area (Å²) in [7, 11) is 4.16. The van der Waals surface area contributed by atoms with Crippen molar-refractivity contribution in [1.29, 1.82) is 0 Å². The predicted molar refractivity (Wildman–Crippen MR) is 126 cm³/mol. The van der Waals surface area contributed by atoms with Crippen LogP contribution in [0.15, 0.2) is 24.5 Å². The molecule has 0 fully saturated rings. The fourth-order valence-corrected chi connectivity index (χ4v) is 2.09. The van der Waals surface area contributed by atoms with Crippen LogP contribution in [0.25, 0.3) is 0 Å². The van der Waals surface area contributed by atoms with Crippen molar-refractivity contribution in [2.75, 3.05) is 40.3 Å². The lowest BCUT2D eigenvalue weighted by Gasteiger charge is -2.10. The first-order valence-electron chi connectivity index (χ1n) is 10.9. The Bertz CT molecular complexity index is 703. The highest BCUT2D eigenvalue weighted by Crippen LogP contribution is 1.95. The molecule has 0 aromatic carbocycles. The number of aromatic nitrogens is 1. The summed E-state index contributed by atoms with van der Waals surface area (Å²) in [6, 6.07) is 3.43. The van der Waals surface area contributed by atoms with E-state index in [-0.39, 0.29) is 31.6 Å². The van der Waals surface area contributed by atoms with Crippen molar-refractivity contribution in [3.8, 4) is 0 Å². The number of pyridine rings is 1. The van der Waals surface area contributed by atoms with Gasteiger partial charge in [-0.25, -0.2) is 0 Å². The zero-order valence-electron chi connectivity index (χ0n) is 20.1. The molecule has 0 saturated heterocycles. The maximum absolute atomic E-state index is 11.7. The molecule has 35 heavy (non-hydrogen) atoms. The van der Waals surface area contributed by atoms with Crippen molar-refractivity contribution in [1.82, 2.24) is 20.5 Å². The molecule has 1 rings (SSSR count). The van der Waals surface area contributed by atoms with Crippen LogP contribution in [0.5, 0.6) is 0 Å². The van der Waals surface area contributed by atoms with Crippen LogP contribution >= 0.6 is 0 Å². The summed E-state index contributed by atoms with van der Waals surface area (Å²) in [5, 5.41) is 37.9. The van der Waals surface area contributed by atoms with Crippen molar-refractivity contribution in [2.45, 2.75) is 38.5 Å². The lowest BCUT2D eigenvalue weighted by Crippen LogP contribution is -2.28. The second-order valence-electron chi connectivity index (χ2n) is 7.33. The second kappa shape index (κ2) is 22.2.